The summed E-state index contributed by atoms with van der Waals surface area (Å²) in [6.07, 6.45) is 0. The zero-order valence-corrected chi connectivity index (χ0v) is 13.5. The first-order chi connectivity index (χ1) is 10.2. The summed E-state index contributed by atoms with van der Waals surface area (Å²) in [5.41, 5.74) is 0.666. The number of ether oxygens (including phenoxy) is 1. The second-order valence-electron chi connectivity index (χ2n) is 4.54. The summed E-state index contributed by atoms with van der Waals surface area (Å²) in [7, 11) is 1.59. The Morgan fingerprint density at radius 1 is 1.48 bits per heavy atom. The Hall–Kier alpha value is -1.47. The number of aliphatic imine (C=N–C) groups is 1. The van der Waals surface area contributed by atoms with Crippen LogP contribution in [0.4, 0.5) is 0 Å². The van der Waals surface area contributed by atoms with E-state index in [1.54, 1.807) is 41.3 Å². The predicted molar refractivity (Wildman–Crippen MR) is 89.6 cm³/mol. The molecule has 2 heterocycles. The van der Waals surface area contributed by atoms with Gasteiger partial charge in [-0.05, 0) is 25.1 Å². The maximum Gasteiger partial charge on any atom is 0.262 e. The van der Waals surface area contributed by atoms with Crippen LogP contribution in [-0.4, -0.2) is 33.3 Å². The van der Waals surface area contributed by atoms with E-state index in [2.05, 4.69) is 9.98 Å². The number of hydrogen-bond acceptors (Lipinski definition) is 6. The fraction of sp³-hybridized carbons (Fsp3) is 0.357. The molecular weight excluding hydrogens is 306 g/mol. The predicted octanol–water partition coefficient (Wildman–Crippen LogP) is 2.51. The van der Waals surface area contributed by atoms with Gasteiger partial charge in [0.15, 0.2) is 0 Å². The Balaban J connectivity index is 1.99. The van der Waals surface area contributed by atoms with Crippen molar-refractivity contribution in [3.05, 3.63) is 34.4 Å². The van der Waals surface area contributed by atoms with Crippen LogP contribution in [0.5, 0.6) is 5.75 Å². The minimum atomic E-state index is -0.0347. The molecule has 0 radical (unpaired) electrons. The number of aryl methyl sites for hydroxylation is 1. The highest BCUT2D eigenvalue weighted by atomic mass is 32.2. The molecule has 7 heteroatoms. The summed E-state index contributed by atoms with van der Waals surface area (Å²) >= 11 is 3.33. The number of fused-ring (bicyclic) bond motifs is 1. The monoisotopic (exact) mass is 321 g/mol. The molecule has 0 spiro atoms. The molecule has 1 aromatic heterocycles. The lowest BCUT2D eigenvalue weighted by Gasteiger charge is -2.10. The number of benzene rings is 1. The Morgan fingerprint density at radius 2 is 2.33 bits per heavy atom. The number of hydrogen-bond donors (Lipinski definition) is 0. The van der Waals surface area contributed by atoms with Gasteiger partial charge >= 0.3 is 0 Å². The average Bonchev–Trinajstić information content (AvgIpc) is 3.00. The zero-order chi connectivity index (χ0) is 14.8. The summed E-state index contributed by atoms with van der Waals surface area (Å²) in [5.74, 6) is 2.95. The topological polar surface area (TPSA) is 56.5 Å². The second kappa shape index (κ2) is 6.11. The van der Waals surface area contributed by atoms with Crippen LogP contribution in [0.3, 0.4) is 0 Å². The normalized spacial score (nSPS) is 14.5. The molecule has 0 bridgehead atoms. The van der Waals surface area contributed by atoms with Gasteiger partial charge in [-0.3, -0.25) is 14.4 Å². The lowest BCUT2D eigenvalue weighted by atomic mass is 10.2. The van der Waals surface area contributed by atoms with E-state index in [1.807, 2.05) is 19.1 Å². The Morgan fingerprint density at radius 3 is 3.05 bits per heavy atom. The highest BCUT2D eigenvalue weighted by Gasteiger charge is 2.12. The van der Waals surface area contributed by atoms with Gasteiger partial charge in [-0.1, -0.05) is 23.5 Å². The molecule has 3 rings (SSSR count). The molecule has 21 heavy (non-hydrogen) atoms. The van der Waals surface area contributed by atoms with Crippen LogP contribution in [0.25, 0.3) is 10.9 Å². The quantitative estimate of drug-likeness (QED) is 0.869. The van der Waals surface area contributed by atoms with E-state index in [0.717, 1.165) is 16.7 Å². The van der Waals surface area contributed by atoms with E-state index in [0.29, 0.717) is 28.4 Å². The van der Waals surface area contributed by atoms with E-state index < -0.39 is 0 Å². The summed E-state index contributed by atoms with van der Waals surface area (Å²) in [6, 6.07) is 5.38. The van der Waals surface area contributed by atoms with Gasteiger partial charge in [0, 0.05) is 5.75 Å². The highest BCUT2D eigenvalue weighted by Crippen LogP contribution is 2.24. The van der Waals surface area contributed by atoms with E-state index in [9.17, 15) is 4.79 Å². The first-order valence-electron chi connectivity index (χ1n) is 6.54. The van der Waals surface area contributed by atoms with Crippen LogP contribution >= 0.6 is 23.5 Å². The SMILES string of the molecule is COc1ccc2nc(C)n(CSC3=NCCS3)c(=O)c2c1. The molecule has 110 valence electrons. The highest BCUT2D eigenvalue weighted by molar-refractivity contribution is 8.38. The van der Waals surface area contributed by atoms with Crippen LogP contribution in [0.1, 0.15) is 5.82 Å². The Labute approximate surface area is 130 Å². The molecule has 0 N–H and O–H groups in total. The number of methoxy groups -OCH3 is 1. The largest absolute Gasteiger partial charge is 0.497 e. The molecule has 5 nitrogen and oxygen atoms in total. The number of rotatable bonds is 3. The molecule has 0 amide bonds. The van der Waals surface area contributed by atoms with Crippen molar-refractivity contribution in [1.82, 2.24) is 9.55 Å². The zero-order valence-electron chi connectivity index (χ0n) is 11.8. The van der Waals surface area contributed by atoms with Crippen molar-refractivity contribution in [2.75, 3.05) is 19.4 Å². The third-order valence-electron chi connectivity index (χ3n) is 3.23. The molecule has 1 aliphatic rings. The van der Waals surface area contributed by atoms with Crippen molar-refractivity contribution in [3.63, 3.8) is 0 Å². The van der Waals surface area contributed by atoms with Gasteiger partial charge in [0.25, 0.3) is 5.56 Å². The second-order valence-corrected chi connectivity index (χ2v) is 6.82. The van der Waals surface area contributed by atoms with Gasteiger partial charge in [-0.25, -0.2) is 4.98 Å². The number of nitrogens with zero attached hydrogens (tertiary/aromatic N) is 3. The Bertz CT molecular complexity index is 771. The maximum atomic E-state index is 12.6. The molecule has 0 fully saturated rings. The molecule has 0 unspecified atom stereocenters. The fourth-order valence-corrected chi connectivity index (χ4v) is 4.12. The van der Waals surface area contributed by atoms with Crippen LogP contribution in [-0.2, 0) is 5.88 Å². The number of aromatic nitrogens is 2. The van der Waals surface area contributed by atoms with Gasteiger partial charge in [0.2, 0.25) is 0 Å². The Kier molecular flexibility index (Phi) is 4.21. The van der Waals surface area contributed by atoms with Crippen molar-refractivity contribution in [2.24, 2.45) is 4.99 Å². The molecule has 0 aliphatic carbocycles. The molecule has 1 aromatic carbocycles. The fourth-order valence-electron chi connectivity index (χ4n) is 2.11. The minimum Gasteiger partial charge on any atom is -0.497 e. The third kappa shape index (κ3) is 2.94. The molecule has 2 aromatic rings. The molecule has 0 atom stereocenters. The summed E-state index contributed by atoms with van der Waals surface area (Å²) in [4.78, 5) is 21.5. The third-order valence-corrected chi connectivity index (χ3v) is 5.46. The summed E-state index contributed by atoms with van der Waals surface area (Å²) in [6.45, 7) is 2.73. The van der Waals surface area contributed by atoms with Crippen molar-refractivity contribution < 1.29 is 4.74 Å². The van der Waals surface area contributed by atoms with Crippen LogP contribution in [0.2, 0.25) is 0 Å². The van der Waals surface area contributed by atoms with E-state index in [4.69, 9.17) is 4.74 Å². The van der Waals surface area contributed by atoms with Crippen molar-refractivity contribution >= 4 is 38.8 Å². The molecule has 0 saturated heterocycles. The minimum absolute atomic E-state index is 0.0347. The van der Waals surface area contributed by atoms with Gasteiger partial charge in [0.1, 0.15) is 15.9 Å². The van der Waals surface area contributed by atoms with Gasteiger partial charge in [0.05, 0.1) is 30.4 Å². The van der Waals surface area contributed by atoms with E-state index in [1.165, 1.54) is 0 Å². The van der Waals surface area contributed by atoms with Crippen molar-refractivity contribution in [1.29, 1.82) is 0 Å². The van der Waals surface area contributed by atoms with Crippen LogP contribution in [0, 0.1) is 6.92 Å². The number of thioether (sulfide) groups is 2. The summed E-state index contributed by atoms with van der Waals surface area (Å²) < 4.78 is 7.92. The smallest absolute Gasteiger partial charge is 0.262 e. The van der Waals surface area contributed by atoms with E-state index in [-0.39, 0.29) is 5.56 Å². The first kappa shape index (κ1) is 14.5. The average molecular weight is 321 g/mol. The standard InChI is InChI=1S/C14H15N3O2S2/c1-9-16-12-4-3-10(19-2)7-11(12)13(18)17(9)8-21-14-15-5-6-20-14/h3-4,7H,5-6,8H2,1-2H3. The van der Waals surface area contributed by atoms with Gasteiger partial charge in [-0.2, -0.15) is 0 Å². The van der Waals surface area contributed by atoms with Crippen LogP contribution < -0.4 is 10.3 Å². The van der Waals surface area contributed by atoms with Crippen molar-refractivity contribution in [3.8, 4) is 5.75 Å². The van der Waals surface area contributed by atoms with Crippen molar-refractivity contribution in [2.45, 2.75) is 12.8 Å². The molecule has 0 saturated carbocycles. The summed E-state index contributed by atoms with van der Waals surface area (Å²) in [5, 5.41) is 0.585. The van der Waals surface area contributed by atoms with E-state index >= 15 is 0 Å². The van der Waals surface area contributed by atoms with Gasteiger partial charge < -0.3 is 4.74 Å². The first-order valence-corrected chi connectivity index (χ1v) is 8.51. The molecule has 1 aliphatic heterocycles. The van der Waals surface area contributed by atoms with Crippen LogP contribution in [0.15, 0.2) is 28.0 Å². The van der Waals surface area contributed by atoms with Gasteiger partial charge in [-0.15, -0.1) is 0 Å². The lowest BCUT2D eigenvalue weighted by Crippen LogP contribution is -2.23. The molecular formula is C14H15N3O2S2. The maximum absolute atomic E-state index is 12.6. The lowest BCUT2D eigenvalue weighted by molar-refractivity contribution is 0.415.